The second kappa shape index (κ2) is 11.1. The van der Waals surface area contributed by atoms with E-state index in [1.807, 2.05) is 25.1 Å². The average Bonchev–Trinajstić information content (AvgIpc) is 3.19. The van der Waals surface area contributed by atoms with Crippen LogP contribution in [0.25, 0.3) is 5.69 Å². The van der Waals surface area contributed by atoms with Crippen LogP contribution in [0.1, 0.15) is 71.9 Å². The fraction of sp³-hybridized carbons (Fsp3) is 0.560. The number of halogens is 1. The van der Waals surface area contributed by atoms with Crippen molar-refractivity contribution in [2.24, 2.45) is 0 Å². The highest BCUT2D eigenvalue weighted by Crippen LogP contribution is 2.27. The van der Waals surface area contributed by atoms with E-state index in [1.165, 1.54) is 6.42 Å². The van der Waals surface area contributed by atoms with Gasteiger partial charge in [0.05, 0.1) is 11.4 Å². The van der Waals surface area contributed by atoms with E-state index in [0.29, 0.717) is 17.4 Å². The molecule has 2 aromatic rings. The summed E-state index contributed by atoms with van der Waals surface area (Å²) in [7, 11) is 0. The van der Waals surface area contributed by atoms with Gasteiger partial charge in [-0.2, -0.15) is 5.10 Å². The molecule has 0 spiro atoms. The van der Waals surface area contributed by atoms with Crippen LogP contribution in [-0.2, 0) is 10.2 Å². The molecule has 3 rings (SSSR count). The third-order valence-corrected chi connectivity index (χ3v) is 6.12. The average molecular weight is 474 g/mol. The molecule has 8 heteroatoms. The molecule has 1 saturated carbocycles. The van der Waals surface area contributed by atoms with Crippen LogP contribution in [0, 0.1) is 0 Å². The summed E-state index contributed by atoms with van der Waals surface area (Å²) in [4.78, 5) is 27.4. The zero-order valence-electron chi connectivity index (χ0n) is 20.2. The van der Waals surface area contributed by atoms with E-state index in [9.17, 15) is 9.59 Å². The van der Waals surface area contributed by atoms with Crippen molar-refractivity contribution < 1.29 is 9.59 Å². The van der Waals surface area contributed by atoms with Crippen molar-refractivity contribution in [3.8, 4) is 5.69 Å². The van der Waals surface area contributed by atoms with Crippen LogP contribution < -0.4 is 10.6 Å². The van der Waals surface area contributed by atoms with Crippen molar-refractivity contribution in [1.29, 1.82) is 0 Å². The smallest absolute Gasteiger partial charge is 0.318 e. The van der Waals surface area contributed by atoms with E-state index in [-0.39, 0.29) is 29.9 Å². The van der Waals surface area contributed by atoms with Gasteiger partial charge in [-0.1, -0.05) is 58.6 Å². The van der Waals surface area contributed by atoms with Gasteiger partial charge in [0.15, 0.2) is 0 Å². The van der Waals surface area contributed by atoms with Crippen LogP contribution in [0.4, 0.5) is 10.6 Å². The van der Waals surface area contributed by atoms with Gasteiger partial charge in [0, 0.05) is 29.1 Å². The molecule has 1 aromatic heterocycles. The minimum absolute atomic E-state index is 0.0109. The molecular weight excluding hydrogens is 438 g/mol. The Balaban J connectivity index is 1.75. The lowest BCUT2D eigenvalue weighted by Crippen LogP contribution is -2.48. The number of amides is 3. The van der Waals surface area contributed by atoms with Crippen molar-refractivity contribution in [2.45, 2.75) is 77.7 Å². The molecule has 0 aliphatic heterocycles. The number of rotatable bonds is 7. The van der Waals surface area contributed by atoms with Gasteiger partial charge in [-0.3, -0.25) is 4.79 Å². The summed E-state index contributed by atoms with van der Waals surface area (Å²) in [6, 6.07) is 9.23. The van der Waals surface area contributed by atoms with Gasteiger partial charge in [-0.15, -0.1) is 0 Å². The maximum atomic E-state index is 13.0. The van der Waals surface area contributed by atoms with E-state index in [2.05, 4.69) is 31.4 Å². The third kappa shape index (κ3) is 6.97. The first kappa shape index (κ1) is 25.1. The summed E-state index contributed by atoms with van der Waals surface area (Å²) in [5.41, 5.74) is 1.46. The van der Waals surface area contributed by atoms with Crippen LogP contribution in [0.15, 0.2) is 30.3 Å². The SMILES string of the molecule is CCCN(CC(=O)Nc1cc(C(C)(C)C)nn1-c1ccc(Cl)cc1)C(=O)NC1CCCCC1. The minimum atomic E-state index is -0.252. The van der Waals surface area contributed by atoms with Gasteiger partial charge in [-0.25, -0.2) is 9.48 Å². The third-order valence-electron chi connectivity index (χ3n) is 5.86. The van der Waals surface area contributed by atoms with Crippen LogP contribution in [-0.4, -0.2) is 45.8 Å². The largest absolute Gasteiger partial charge is 0.335 e. The standard InChI is InChI=1S/C25H36ClN5O2/c1-5-15-30(24(33)27-19-9-7-6-8-10-19)17-23(32)28-22-16-21(25(2,3)4)29-31(22)20-13-11-18(26)12-14-20/h11-14,16,19H,5-10,15,17H2,1-4H3,(H,27,33)(H,28,32). The number of nitrogens with one attached hydrogen (secondary N) is 2. The normalized spacial score (nSPS) is 14.7. The monoisotopic (exact) mass is 473 g/mol. The zero-order valence-corrected chi connectivity index (χ0v) is 20.9. The zero-order chi connectivity index (χ0) is 24.0. The number of carbonyl (C=O) groups excluding carboxylic acids is 2. The number of nitrogens with zero attached hydrogens (tertiary/aromatic N) is 3. The molecule has 1 fully saturated rings. The number of anilines is 1. The molecule has 0 radical (unpaired) electrons. The van der Waals surface area contributed by atoms with Gasteiger partial charge in [-0.05, 0) is 43.5 Å². The van der Waals surface area contributed by atoms with E-state index < -0.39 is 0 Å². The summed E-state index contributed by atoms with van der Waals surface area (Å²) >= 11 is 6.04. The summed E-state index contributed by atoms with van der Waals surface area (Å²) in [6.07, 6.45) is 6.31. The van der Waals surface area contributed by atoms with Crippen molar-refractivity contribution in [1.82, 2.24) is 20.0 Å². The quantitative estimate of drug-likeness (QED) is 0.556. The Bertz CT molecular complexity index is 943. The lowest BCUT2D eigenvalue weighted by atomic mass is 9.92. The van der Waals surface area contributed by atoms with Crippen molar-refractivity contribution in [3.63, 3.8) is 0 Å². The number of aromatic nitrogens is 2. The van der Waals surface area contributed by atoms with Gasteiger partial charge < -0.3 is 15.5 Å². The van der Waals surface area contributed by atoms with Crippen LogP contribution in [0.2, 0.25) is 5.02 Å². The highest BCUT2D eigenvalue weighted by molar-refractivity contribution is 6.30. The van der Waals surface area contributed by atoms with Gasteiger partial charge in [0.1, 0.15) is 12.4 Å². The van der Waals surface area contributed by atoms with Gasteiger partial charge in [0.25, 0.3) is 0 Å². The molecule has 0 atom stereocenters. The number of urea groups is 1. The molecule has 1 aliphatic rings. The Labute approximate surface area is 201 Å². The number of carbonyl (C=O) groups is 2. The molecule has 1 aliphatic carbocycles. The Morgan fingerprint density at radius 2 is 1.82 bits per heavy atom. The molecule has 1 aromatic carbocycles. The number of hydrogen-bond acceptors (Lipinski definition) is 3. The summed E-state index contributed by atoms with van der Waals surface area (Å²) in [5, 5.41) is 11.4. The van der Waals surface area contributed by atoms with Crippen molar-refractivity contribution in [2.75, 3.05) is 18.4 Å². The molecule has 0 unspecified atom stereocenters. The topological polar surface area (TPSA) is 79.3 Å². The predicted molar refractivity (Wildman–Crippen MR) is 133 cm³/mol. The fourth-order valence-electron chi connectivity index (χ4n) is 4.01. The van der Waals surface area contributed by atoms with Crippen molar-refractivity contribution >= 4 is 29.4 Å². The highest BCUT2D eigenvalue weighted by Gasteiger charge is 2.24. The lowest BCUT2D eigenvalue weighted by molar-refractivity contribution is -0.116. The second-order valence-corrected chi connectivity index (χ2v) is 10.2. The minimum Gasteiger partial charge on any atom is -0.335 e. The predicted octanol–water partition coefficient (Wildman–Crippen LogP) is 5.52. The fourth-order valence-corrected chi connectivity index (χ4v) is 4.13. The van der Waals surface area contributed by atoms with Crippen molar-refractivity contribution in [3.05, 3.63) is 41.0 Å². The molecule has 7 nitrogen and oxygen atoms in total. The first-order chi connectivity index (χ1) is 15.7. The first-order valence-corrected chi connectivity index (χ1v) is 12.3. The first-order valence-electron chi connectivity index (χ1n) is 11.9. The molecule has 33 heavy (non-hydrogen) atoms. The Kier molecular flexibility index (Phi) is 8.40. The van der Waals surface area contributed by atoms with Gasteiger partial charge >= 0.3 is 6.03 Å². The molecule has 2 N–H and O–H groups in total. The van der Waals surface area contributed by atoms with E-state index in [1.54, 1.807) is 21.7 Å². The molecule has 3 amide bonds. The molecule has 0 bridgehead atoms. The Morgan fingerprint density at radius 3 is 2.42 bits per heavy atom. The summed E-state index contributed by atoms with van der Waals surface area (Å²) in [5.74, 6) is 0.314. The Hall–Kier alpha value is -2.54. The summed E-state index contributed by atoms with van der Waals surface area (Å²) < 4.78 is 1.71. The van der Waals surface area contributed by atoms with Crippen LogP contribution in [0.3, 0.4) is 0 Å². The molecule has 1 heterocycles. The van der Waals surface area contributed by atoms with Crippen LogP contribution in [0.5, 0.6) is 0 Å². The lowest BCUT2D eigenvalue weighted by Gasteiger charge is -2.28. The Morgan fingerprint density at radius 1 is 1.15 bits per heavy atom. The molecule has 0 saturated heterocycles. The van der Waals surface area contributed by atoms with Crippen LogP contribution >= 0.6 is 11.6 Å². The van der Waals surface area contributed by atoms with E-state index >= 15 is 0 Å². The maximum absolute atomic E-state index is 13.0. The summed E-state index contributed by atoms with van der Waals surface area (Å²) in [6.45, 7) is 8.74. The molecule has 180 valence electrons. The van der Waals surface area contributed by atoms with E-state index in [0.717, 1.165) is 43.5 Å². The number of hydrogen-bond donors (Lipinski definition) is 2. The molecular formula is C25H36ClN5O2. The number of benzene rings is 1. The second-order valence-electron chi connectivity index (χ2n) is 9.81. The van der Waals surface area contributed by atoms with Gasteiger partial charge in [0.2, 0.25) is 5.91 Å². The maximum Gasteiger partial charge on any atom is 0.318 e. The van der Waals surface area contributed by atoms with E-state index in [4.69, 9.17) is 16.7 Å². The highest BCUT2D eigenvalue weighted by atomic mass is 35.5.